The number of aromatic nitrogens is 1. The third-order valence-corrected chi connectivity index (χ3v) is 5.17. The van der Waals surface area contributed by atoms with Gasteiger partial charge in [-0.25, -0.2) is 0 Å². The lowest BCUT2D eigenvalue weighted by atomic mass is 10.0. The molecule has 0 unspecified atom stereocenters. The zero-order chi connectivity index (χ0) is 23.4. The van der Waals surface area contributed by atoms with Crippen molar-refractivity contribution < 1.29 is 14.6 Å². The Morgan fingerprint density at radius 1 is 0.706 bits per heavy atom. The monoisotopic (exact) mass is 449 g/mol. The summed E-state index contributed by atoms with van der Waals surface area (Å²) >= 11 is 0. The molecule has 0 aliphatic rings. The molecule has 3 aromatic carbocycles. The standard InChI is InChI=1S/C30H27NO3/c32-21-9-3-8-10-24-15-17-27(18-16-24)28-19-20-29(33-22-25-11-4-1-5-12-25)31-30(28)34-23-26-13-6-2-7-14-26/h1-2,4-7,11-20,32H,3,9,21-23H2. The first-order valence-corrected chi connectivity index (χ1v) is 11.4. The molecule has 170 valence electrons. The van der Waals surface area contributed by atoms with E-state index in [0.717, 1.165) is 27.8 Å². The molecule has 4 heteroatoms. The molecule has 34 heavy (non-hydrogen) atoms. The lowest BCUT2D eigenvalue weighted by Gasteiger charge is -2.13. The van der Waals surface area contributed by atoms with Crippen molar-refractivity contribution in [1.29, 1.82) is 0 Å². The summed E-state index contributed by atoms with van der Waals surface area (Å²) < 4.78 is 12.1. The first-order chi connectivity index (χ1) is 16.8. The van der Waals surface area contributed by atoms with Gasteiger partial charge in [0, 0.05) is 30.2 Å². The molecule has 0 amide bonds. The fourth-order valence-corrected chi connectivity index (χ4v) is 3.36. The van der Waals surface area contributed by atoms with Crippen LogP contribution in [0.1, 0.15) is 29.5 Å². The average Bonchev–Trinajstić information content (AvgIpc) is 2.90. The molecule has 0 saturated heterocycles. The molecule has 0 aliphatic carbocycles. The number of ether oxygens (including phenoxy) is 2. The summed E-state index contributed by atoms with van der Waals surface area (Å²) in [5, 5.41) is 8.89. The number of rotatable bonds is 9. The minimum Gasteiger partial charge on any atom is -0.473 e. The molecule has 0 aliphatic heterocycles. The molecule has 4 rings (SSSR count). The van der Waals surface area contributed by atoms with Gasteiger partial charge in [0.2, 0.25) is 11.8 Å². The summed E-state index contributed by atoms with van der Waals surface area (Å²) in [5.41, 5.74) is 4.97. The molecular formula is C30H27NO3. The highest BCUT2D eigenvalue weighted by molar-refractivity contribution is 5.69. The Labute approximate surface area is 200 Å². The van der Waals surface area contributed by atoms with E-state index in [2.05, 4.69) is 16.8 Å². The van der Waals surface area contributed by atoms with Gasteiger partial charge in [-0.15, -0.1) is 0 Å². The summed E-state index contributed by atoms with van der Waals surface area (Å²) in [6.45, 7) is 1.02. The van der Waals surface area contributed by atoms with E-state index in [-0.39, 0.29) is 6.61 Å². The second kappa shape index (κ2) is 12.2. The zero-order valence-electron chi connectivity index (χ0n) is 19.0. The van der Waals surface area contributed by atoms with Gasteiger partial charge in [-0.05, 0) is 41.3 Å². The Hall–Kier alpha value is -4.07. The van der Waals surface area contributed by atoms with Crippen molar-refractivity contribution in [3.8, 4) is 34.7 Å². The topological polar surface area (TPSA) is 51.6 Å². The fraction of sp³-hybridized carbons (Fsp3) is 0.167. The molecule has 1 N–H and O–H groups in total. The van der Waals surface area contributed by atoms with Crippen LogP contribution in [0.3, 0.4) is 0 Å². The summed E-state index contributed by atoms with van der Waals surface area (Å²) in [6.07, 6.45) is 1.38. The summed E-state index contributed by atoms with van der Waals surface area (Å²) in [7, 11) is 0. The Bertz CT molecular complexity index is 1230. The summed E-state index contributed by atoms with van der Waals surface area (Å²) in [6, 6.07) is 31.9. The van der Waals surface area contributed by atoms with Crippen LogP contribution in [-0.4, -0.2) is 16.7 Å². The van der Waals surface area contributed by atoms with Crippen molar-refractivity contribution in [1.82, 2.24) is 4.98 Å². The molecule has 1 heterocycles. The molecule has 1 aromatic heterocycles. The Morgan fingerprint density at radius 2 is 1.35 bits per heavy atom. The maximum absolute atomic E-state index is 8.89. The Morgan fingerprint density at radius 3 is 2.00 bits per heavy atom. The molecule has 0 spiro atoms. The van der Waals surface area contributed by atoms with Crippen molar-refractivity contribution in [2.75, 3.05) is 6.61 Å². The van der Waals surface area contributed by atoms with Gasteiger partial charge in [0.1, 0.15) is 13.2 Å². The van der Waals surface area contributed by atoms with Crippen molar-refractivity contribution in [3.05, 3.63) is 114 Å². The van der Waals surface area contributed by atoms with Gasteiger partial charge in [-0.1, -0.05) is 84.6 Å². The number of benzene rings is 3. The second-order valence-corrected chi connectivity index (χ2v) is 7.76. The highest BCUT2D eigenvalue weighted by atomic mass is 16.5. The number of aliphatic hydroxyl groups excluding tert-OH is 1. The Kier molecular flexibility index (Phi) is 8.32. The second-order valence-electron chi connectivity index (χ2n) is 7.76. The number of unbranched alkanes of at least 4 members (excludes halogenated alkanes) is 1. The summed E-state index contributed by atoms with van der Waals surface area (Å²) in [4.78, 5) is 4.68. The van der Waals surface area contributed by atoms with Crippen LogP contribution in [-0.2, 0) is 13.2 Å². The quantitative estimate of drug-likeness (QED) is 0.250. The first-order valence-electron chi connectivity index (χ1n) is 11.4. The van der Waals surface area contributed by atoms with Gasteiger partial charge in [0.05, 0.1) is 0 Å². The zero-order valence-corrected chi connectivity index (χ0v) is 19.0. The predicted octanol–water partition coefficient (Wildman–Crippen LogP) is 6.03. The first kappa shape index (κ1) is 23.1. The number of hydrogen-bond acceptors (Lipinski definition) is 4. The maximum Gasteiger partial charge on any atom is 0.225 e. The van der Waals surface area contributed by atoms with Gasteiger partial charge >= 0.3 is 0 Å². The molecule has 0 fully saturated rings. The number of hydrogen-bond donors (Lipinski definition) is 1. The highest BCUT2D eigenvalue weighted by Crippen LogP contribution is 2.31. The SMILES string of the molecule is OCCCC#Cc1ccc(-c2ccc(OCc3ccccc3)nc2OCc2ccccc2)cc1. The smallest absolute Gasteiger partial charge is 0.225 e. The van der Waals surface area contributed by atoms with Gasteiger partial charge in [-0.2, -0.15) is 4.98 Å². The van der Waals surface area contributed by atoms with Crippen LogP contribution in [0.2, 0.25) is 0 Å². The number of pyridine rings is 1. The van der Waals surface area contributed by atoms with E-state index < -0.39 is 0 Å². The molecule has 4 aromatic rings. The summed E-state index contributed by atoms with van der Waals surface area (Å²) in [5.74, 6) is 7.26. The lowest BCUT2D eigenvalue weighted by Crippen LogP contribution is -2.02. The van der Waals surface area contributed by atoms with Crippen molar-refractivity contribution in [2.45, 2.75) is 26.1 Å². The van der Waals surface area contributed by atoms with Crippen LogP contribution >= 0.6 is 0 Å². The van der Waals surface area contributed by atoms with E-state index in [4.69, 9.17) is 14.6 Å². The lowest BCUT2D eigenvalue weighted by molar-refractivity contribution is 0.268. The maximum atomic E-state index is 8.89. The van der Waals surface area contributed by atoms with Crippen LogP contribution in [0.25, 0.3) is 11.1 Å². The predicted molar refractivity (Wildman–Crippen MR) is 134 cm³/mol. The van der Waals surface area contributed by atoms with E-state index in [1.54, 1.807) is 0 Å². The molecule has 0 bridgehead atoms. The molecule has 0 saturated carbocycles. The van der Waals surface area contributed by atoms with E-state index in [0.29, 0.717) is 37.8 Å². The van der Waals surface area contributed by atoms with Crippen molar-refractivity contribution >= 4 is 0 Å². The van der Waals surface area contributed by atoms with E-state index in [1.807, 2.05) is 97.1 Å². The normalized spacial score (nSPS) is 10.3. The average molecular weight is 450 g/mol. The third-order valence-electron chi connectivity index (χ3n) is 5.17. The number of nitrogens with zero attached hydrogens (tertiary/aromatic N) is 1. The molecular weight excluding hydrogens is 422 g/mol. The molecule has 0 atom stereocenters. The van der Waals surface area contributed by atoms with Crippen LogP contribution in [0.5, 0.6) is 11.8 Å². The van der Waals surface area contributed by atoms with Crippen LogP contribution in [0, 0.1) is 11.8 Å². The largest absolute Gasteiger partial charge is 0.473 e. The van der Waals surface area contributed by atoms with Gasteiger partial charge in [0.25, 0.3) is 0 Å². The van der Waals surface area contributed by atoms with Crippen LogP contribution < -0.4 is 9.47 Å². The Balaban J connectivity index is 1.55. The van der Waals surface area contributed by atoms with Gasteiger partial charge in [0.15, 0.2) is 0 Å². The number of aliphatic hydroxyl groups is 1. The minimum atomic E-state index is 0.164. The van der Waals surface area contributed by atoms with E-state index >= 15 is 0 Å². The molecule has 4 nitrogen and oxygen atoms in total. The van der Waals surface area contributed by atoms with Crippen LogP contribution in [0.4, 0.5) is 0 Å². The van der Waals surface area contributed by atoms with E-state index in [9.17, 15) is 0 Å². The van der Waals surface area contributed by atoms with Crippen LogP contribution in [0.15, 0.2) is 97.1 Å². The van der Waals surface area contributed by atoms with Gasteiger partial charge < -0.3 is 14.6 Å². The highest BCUT2D eigenvalue weighted by Gasteiger charge is 2.11. The van der Waals surface area contributed by atoms with Gasteiger partial charge in [-0.3, -0.25) is 0 Å². The third kappa shape index (κ3) is 6.71. The van der Waals surface area contributed by atoms with E-state index in [1.165, 1.54) is 0 Å². The van der Waals surface area contributed by atoms with Crippen molar-refractivity contribution in [2.24, 2.45) is 0 Å². The van der Waals surface area contributed by atoms with Crippen molar-refractivity contribution in [3.63, 3.8) is 0 Å². The fourth-order valence-electron chi connectivity index (χ4n) is 3.36. The molecule has 0 radical (unpaired) electrons. The minimum absolute atomic E-state index is 0.164.